The van der Waals surface area contributed by atoms with E-state index in [4.69, 9.17) is 21.3 Å². The van der Waals surface area contributed by atoms with Gasteiger partial charge in [0, 0.05) is 12.7 Å². The van der Waals surface area contributed by atoms with Crippen molar-refractivity contribution in [3.63, 3.8) is 0 Å². The molecule has 0 amide bonds. The highest BCUT2D eigenvalue weighted by molar-refractivity contribution is 7.72. The highest BCUT2D eigenvalue weighted by atomic mass is 31.2. The molecule has 2 heterocycles. The molecule has 7 N–H and O–H groups in total. The van der Waals surface area contributed by atoms with E-state index in [0.29, 0.717) is 32.2 Å². The molecule has 0 spiro atoms. The third kappa shape index (κ3) is 6.92. The topological polar surface area (TPSA) is 169 Å². The molecule has 1 aromatic rings. The van der Waals surface area contributed by atoms with Gasteiger partial charge < -0.3 is 31.5 Å². The number of nitrogen functional groups attached to an aromatic ring is 1. The molecule has 2 rings (SSSR count). The minimum absolute atomic E-state index is 0.270. The van der Waals surface area contributed by atoms with Crippen molar-refractivity contribution in [2.24, 2.45) is 10.7 Å². The van der Waals surface area contributed by atoms with Gasteiger partial charge >= 0.3 is 5.97 Å². The molecule has 2 unspecified atom stereocenters. The molecule has 5 atom stereocenters. The Hall–Kier alpha value is -1.71. The summed E-state index contributed by atoms with van der Waals surface area (Å²) in [4.78, 5) is 19.4. The van der Waals surface area contributed by atoms with Crippen LogP contribution in [-0.4, -0.2) is 87.5 Å². The Morgan fingerprint density at radius 3 is 2.73 bits per heavy atom. The largest absolute Gasteiger partial charge is 0.480 e. The van der Waals surface area contributed by atoms with Crippen LogP contribution in [0.1, 0.15) is 31.9 Å². The minimum atomic E-state index is -1.28. The van der Waals surface area contributed by atoms with Crippen LogP contribution < -0.4 is 17.1 Å². The molecule has 0 aromatic carbocycles. The van der Waals surface area contributed by atoms with Gasteiger partial charge in [0.1, 0.15) is 24.1 Å². The fraction of sp³-hybridized carbons (Fsp3) is 0.684. The first kappa shape index (κ1) is 24.6. The van der Waals surface area contributed by atoms with Gasteiger partial charge in [0.15, 0.2) is 6.23 Å². The van der Waals surface area contributed by atoms with Crippen LogP contribution in [0.3, 0.4) is 0 Å². The minimum Gasteiger partial charge on any atom is -0.480 e. The van der Waals surface area contributed by atoms with Crippen LogP contribution in [0, 0.1) is 0 Å². The summed E-state index contributed by atoms with van der Waals surface area (Å²) in [5.41, 5.74) is 11.6. The Morgan fingerprint density at radius 1 is 1.40 bits per heavy atom. The van der Waals surface area contributed by atoms with Gasteiger partial charge in [-0.15, -0.1) is 13.2 Å². The molecule has 0 radical (unpaired) electrons. The standard InChI is InChI=1S/C19H34N5O5P/c1-30(2,3)11-8-13-15(25)16(26)17(29-13)24-10-7-14(21)23-19(24)22-9-5-4-6-12(20)18(27)28/h7,10,12-13,15-17,25-26H,1,4-6,8-9,11,20H2,2-3H3,(H,27,28)(H2,21,22,23)/t12?,13-,15-,16-,17?/m1/s1. The van der Waals surface area contributed by atoms with E-state index in [1.807, 2.05) is 0 Å². The van der Waals surface area contributed by atoms with Gasteiger partial charge in [-0.3, -0.25) is 14.4 Å². The lowest BCUT2D eigenvalue weighted by atomic mass is 10.1. The van der Waals surface area contributed by atoms with Crippen LogP contribution in [-0.2, 0) is 9.53 Å². The third-order valence-electron chi connectivity index (χ3n) is 4.99. The summed E-state index contributed by atoms with van der Waals surface area (Å²) in [5, 5.41) is 29.8. The van der Waals surface area contributed by atoms with Crippen LogP contribution in [0.25, 0.3) is 0 Å². The molecule has 11 heteroatoms. The molecule has 170 valence electrons. The van der Waals surface area contributed by atoms with Crippen LogP contribution in [0.5, 0.6) is 0 Å². The Bertz CT molecular complexity index is 839. The second kappa shape index (κ2) is 10.5. The predicted octanol–water partition coefficient (Wildman–Crippen LogP) is -0.333. The van der Waals surface area contributed by atoms with Crippen molar-refractivity contribution >= 4 is 25.0 Å². The molecule has 1 fully saturated rings. The van der Waals surface area contributed by atoms with E-state index in [-0.39, 0.29) is 11.4 Å². The third-order valence-corrected chi connectivity index (χ3v) is 6.46. The van der Waals surface area contributed by atoms with Crippen molar-refractivity contribution in [1.29, 1.82) is 0 Å². The number of nitrogens with two attached hydrogens (primary N) is 2. The Morgan fingerprint density at radius 2 is 2.10 bits per heavy atom. The Balaban J connectivity index is 2.10. The summed E-state index contributed by atoms with van der Waals surface area (Å²) in [6.07, 6.45) is 5.37. The molecule has 1 aliphatic heterocycles. The van der Waals surface area contributed by atoms with E-state index in [1.54, 1.807) is 16.8 Å². The van der Waals surface area contributed by atoms with Crippen molar-refractivity contribution in [2.75, 3.05) is 31.8 Å². The van der Waals surface area contributed by atoms with E-state index in [0.717, 1.165) is 6.16 Å². The molecule has 1 aliphatic rings. The zero-order chi connectivity index (χ0) is 22.5. The average Bonchev–Trinajstić information content (AvgIpc) is 2.93. The fourth-order valence-electron chi connectivity index (χ4n) is 3.20. The summed E-state index contributed by atoms with van der Waals surface area (Å²) >= 11 is 0. The van der Waals surface area contributed by atoms with E-state index >= 15 is 0 Å². The lowest BCUT2D eigenvalue weighted by Crippen LogP contribution is -2.36. The number of anilines is 1. The quantitative estimate of drug-likeness (QED) is 0.242. The van der Waals surface area contributed by atoms with E-state index < -0.39 is 43.4 Å². The Labute approximate surface area is 176 Å². The van der Waals surface area contributed by atoms with Crippen LogP contribution >= 0.6 is 6.89 Å². The number of ether oxygens (including phenoxy) is 1. The lowest BCUT2D eigenvalue weighted by molar-refractivity contribution is -0.138. The number of nitrogens with zero attached hydrogens (tertiary/aromatic N) is 3. The fourth-order valence-corrected chi connectivity index (χ4v) is 4.16. The van der Waals surface area contributed by atoms with Gasteiger partial charge in [0.2, 0.25) is 5.62 Å². The van der Waals surface area contributed by atoms with Gasteiger partial charge in [0.05, 0.1) is 6.10 Å². The van der Waals surface area contributed by atoms with Gasteiger partial charge in [-0.25, -0.2) is 0 Å². The zero-order valence-electron chi connectivity index (χ0n) is 17.6. The Kier molecular flexibility index (Phi) is 8.63. The van der Waals surface area contributed by atoms with Crippen LogP contribution in [0.2, 0.25) is 0 Å². The summed E-state index contributed by atoms with van der Waals surface area (Å²) in [6, 6.07) is 0.692. The normalized spacial score (nSPS) is 26.1. The van der Waals surface area contributed by atoms with Crippen molar-refractivity contribution in [2.45, 2.75) is 56.3 Å². The first-order valence-corrected chi connectivity index (χ1v) is 13.1. The van der Waals surface area contributed by atoms with E-state index in [9.17, 15) is 15.0 Å². The molecule has 0 aliphatic carbocycles. The number of carboxylic acids is 1. The van der Waals surface area contributed by atoms with Gasteiger partial charge in [-0.05, 0) is 51.2 Å². The number of aliphatic hydroxyl groups is 2. The maximum Gasteiger partial charge on any atom is 0.320 e. The van der Waals surface area contributed by atoms with Crippen molar-refractivity contribution < 1.29 is 24.9 Å². The molecule has 0 bridgehead atoms. The van der Waals surface area contributed by atoms with E-state index in [1.165, 1.54) is 0 Å². The summed E-state index contributed by atoms with van der Waals surface area (Å²) in [5.74, 6) is -0.752. The maximum atomic E-state index is 10.8. The monoisotopic (exact) mass is 443 g/mol. The second-order valence-corrected chi connectivity index (χ2v) is 12.7. The highest BCUT2D eigenvalue weighted by Crippen LogP contribution is 2.39. The number of aliphatic hydroxyl groups excluding tert-OH is 2. The maximum absolute atomic E-state index is 10.8. The van der Waals surface area contributed by atoms with Gasteiger partial charge in [-0.2, -0.15) is 4.98 Å². The van der Waals surface area contributed by atoms with E-state index in [2.05, 4.69) is 29.6 Å². The first-order valence-electron chi connectivity index (χ1n) is 10.0. The molecular weight excluding hydrogens is 409 g/mol. The van der Waals surface area contributed by atoms with Crippen LogP contribution in [0.15, 0.2) is 17.3 Å². The number of rotatable bonds is 10. The smallest absolute Gasteiger partial charge is 0.320 e. The number of carboxylic acid groups (broad SMARTS) is 1. The number of unbranched alkanes of at least 4 members (excludes halogenated alkanes) is 1. The molecule has 0 saturated carbocycles. The number of aromatic nitrogens is 2. The molecule has 30 heavy (non-hydrogen) atoms. The SMILES string of the molecule is C=P(C)(C)CC[C@H]1OC(n2ccc(N)nc2=NCCCCC(N)C(=O)O)[C@H](O)[C@@H]1O. The van der Waals surface area contributed by atoms with Crippen LogP contribution in [0.4, 0.5) is 5.82 Å². The number of hydrogen-bond donors (Lipinski definition) is 5. The molecule has 10 nitrogen and oxygen atoms in total. The summed E-state index contributed by atoms with van der Waals surface area (Å²) in [7, 11) is 0. The number of aliphatic carboxylic acids is 1. The van der Waals surface area contributed by atoms with Crippen molar-refractivity contribution in [3.05, 3.63) is 17.9 Å². The molecular formula is C19H34N5O5P. The van der Waals surface area contributed by atoms with Gasteiger partial charge in [0.25, 0.3) is 0 Å². The number of hydrogen-bond acceptors (Lipinski definition) is 8. The highest BCUT2D eigenvalue weighted by Gasteiger charge is 2.43. The zero-order valence-corrected chi connectivity index (χ0v) is 18.5. The van der Waals surface area contributed by atoms with Gasteiger partial charge in [-0.1, -0.05) is 0 Å². The number of carbonyl (C=O) groups is 1. The average molecular weight is 443 g/mol. The van der Waals surface area contributed by atoms with Crippen molar-refractivity contribution in [1.82, 2.24) is 9.55 Å². The summed E-state index contributed by atoms with van der Waals surface area (Å²) in [6.45, 7) is 3.33. The molecule has 1 saturated heterocycles. The summed E-state index contributed by atoms with van der Waals surface area (Å²) < 4.78 is 7.53. The van der Waals surface area contributed by atoms with Crippen molar-refractivity contribution in [3.8, 4) is 0 Å². The molecule has 1 aromatic heterocycles. The second-order valence-electron chi connectivity index (χ2n) is 8.38. The predicted molar refractivity (Wildman–Crippen MR) is 118 cm³/mol. The first-order chi connectivity index (χ1) is 14.0. The lowest BCUT2D eigenvalue weighted by Gasteiger charge is -2.19.